The van der Waals surface area contributed by atoms with Gasteiger partial charge in [-0.05, 0) is 48.4 Å². The fourth-order valence-corrected chi connectivity index (χ4v) is 2.86. The van der Waals surface area contributed by atoms with Crippen molar-refractivity contribution in [3.8, 4) is 23.0 Å². The zero-order valence-corrected chi connectivity index (χ0v) is 14.4. The van der Waals surface area contributed by atoms with Gasteiger partial charge in [0.25, 0.3) is 0 Å². The van der Waals surface area contributed by atoms with Crippen molar-refractivity contribution in [1.82, 2.24) is 5.32 Å². The number of benzene rings is 2. The molecule has 2 aromatic carbocycles. The van der Waals surface area contributed by atoms with E-state index in [1.54, 1.807) is 6.08 Å². The third-order valence-corrected chi connectivity index (χ3v) is 4.25. The minimum absolute atomic E-state index is 0.153. The third-order valence-electron chi connectivity index (χ3n) is 4.25. The molecule has 0 fully saturated rings. The number of hydrogen-bond donors (Lipinski definition) is 1. The second kappa shape index (κ2) is 7.00. The van der Waals surface area contributed by atoms with Crippen LogP contribution in [0.1, 0.15) is 24.1 Å². The predicted octanol–water partition coefficient (Wildman–Crippen LogP) is 3.08. The number of carbonyl (C=O) groups is 1. The van der Waals surface area contributed by atoms with E-state index >= 15 is 0 Å². The second-order valence-electron chi connectivity index (χ2n) is 6.08. The highest BCUT2D eigenvalue weighted by Gasteiger charge is 2.15. The quantitative estimate of drug-likeness (QED) is 0.856. The molecule has 134 valence electrons. The molecule has 1 atom stereocenters. The van der Waals surface area contributed by atoms with Crippen LogP contribution in [-0.2, 0) is 4.79 Å². The summed E-state index contributed by atoms with van der Waals surface area (Å²) < 4.78 is 21.7. The first kappa shape index (κ1) is 16.3. The van der Waals surface area contributed by atoms with Crippen molar-refractivity contribution in [2.75, 3.05) is 20.0 Å². The molecule has 0 radical (unpaired) electrons. The van der Waals surface area contributed by atoms with Crippen molar-refractivity contribution in [2.24, 2.45) is 0 Å². The maximum atomic E-state index is 12.2. The van der Waals surface area contributed by atoms with Gasteiger partial charge in [-0.15, -0.1) is 0 Å². The Kier molecular flexibility index (Phi) is 4.39. The van der Waals surface area contributed by atoms with Gasteiger partial charge in [0.2, 0.25) is 12.7 Å². The van der Waals surface area contributed by atoms with Gasteiger partial charge < -0.3 is 24.3 Å². The standard InChI is InChI=1S/C20H19NO5/c1-13(15-4-6-16-19(11-15)24-9-8-23-16)21-20(22)7-3-14-2-5-17-18(10-14)26-12-25-17/h2-7,10-11,13H,8-9,12H2,1H3,(H,21,22)/b7-3+/t13-/m1/s1. The van der Waals surface area contributed by atoms with Crippen LogP contribution in [0.5, 0.6) is 23.0 Å². The number of nitrogens with one attached hydrogen (secondary N) is 1. The summed E-state index contributed by atoms with van der Waals surface area (Å²) in [4.78, 5) is 12.2. The summed E-state index contributed by atoms with van der Waals surface area (Å²) in [5.74, 6) is 2.69. The zero-order valence-electron chi connectivity index (χ0n) is 14.4. The van der Waals surface area contributed by atoms with Gasteiger partial charge in [0.05, 0.1) is 6.04 Å². The van der Waals surface area contributed by atoms with E-state index in [0.29, 0.717) is 24.7 Å². The summed E-state index contributed by atoms with van der Waals surface area (Å²) >= 11 is 0. The van der Waals surface area contributed by atoms with E-state index in [0.717, 1.165) is 22.6 Å². The molecule has 26 heavy (non-hydrogen) atoms. The Morgan fingerprint density at radius 3 is 2.54 bits per heavy atom. The molecular weight excluding hydrogens is 334 g/mol. The van der Waals surface area contributed by atoms with Gasteiger partial charge in [-0.3, -0.25) is 4.79 Å². The van der Waals surface area contributed by atoms with Crippen LogP contribution in [0.4, 0.5) is 0 Å². The molecule has 0 aromatic heterocycles. The maximum absolute atomic E-state index is 12.2. The van der Waals surface area contributed by atoms with Crippen LogP contribution in [0.25, 0.3) is 6.08 Å². The van der Waals surface area contributed by atoms with Gasteiger partial charge in [0.15, 0.2) is 23.0 Å². The molecule has 0 aliphatic carbocycles. The first-order valence-electron chi connectivity index (χ1n) is 8.47. The zero-order chi connectivity index (χ0) is 17.9. The van der Waals surface area contributed by atoms with Crippen LogP contribution in [0.3, 0.4) is 0 Å². The summed E-state index contributed by atoms with van der Waals surface area (Å²) in [6.45, 7) is 3.26. The SMILES string of the molecule is C[C@@H](NC(=O)/C=C/c1ccc2c(c1)OCO2)c1ccc2c(c1)OCCO2. The van der Waals surface area contributed by atoms with Crippen molar-refractivity contribution in [3.05, 3.63) is 53.6 Å². The molecule has 2 aliphatic rings. The fourth-order valence-electron chi connectivity index (χ4n) is 2.86. The Bertz CT molecular complexity index is 861. The lowest BCUT2D eigenvalue weighted by Crippen LogP contribution is -2.25. The van der Waals surface area contributed by atoms with E-state index in [9.17, 15) is 4.79 Å². The first-order chi connectivity index (χ1) is 12.7. The number of fused-ring (bicyclic) bond motifs is 2. The predicted molar refractivity (Wildman–Crippen MR) is 95.6 cm³/mol. The van der Waals surface area contributed by atoms with Crippen LogP contribution < -0.4 is 24.3 Å². The van der Waals surface area contributed by atoms with Gasteiger partial charge >= 0.3 is 0 Å². The van der Waals surface area contributed by atoms with E-state index in [2.05, 4.69) is 5.32 Å². The van der Waals surface area contributed by atoms with Gasteiger partial charge in [-0.2, -0.15) is 0 Å². The Labute approximate surface area is 151 Å². The van der Waals surface area contributed by atoms with Gasteiger partial charge in [-0.1, -0.05) is 12.1 Å². The van der Waals surface area contributed by atoms with Gasteiger partial charge in [0, 0.05) is 6.08 Å². The Morgan fingerprint density at radius 2 is 1.65 bits per heavy atom. The van der Waals surface area contributed by atoms with E-state index in [-0.39, 0.29) is 18.7 Å². The normalized spacial score (nSPS) is 15.7. The number of carbonyl (C=O) groups excluding carboxylic acids is 1. The maximum Gasteiger partial charge on any atom is 0.244 e. The molecule has 0 saturated carbocycles. The van der Waals surface area contributed by atoms with E-state index in [1.807, 2.05) is 43.3 Å². The highest BCUT2D eigenvalue weighted by Crippen LogP contribution is 2.33. The minimum atomic E-state index is -0.176. The summed E-state index contributed by atoms with van der Waals surface area (Å²) in [6.07, 6.45) is 3.25. The topological polar surface area (TPSA) is 66.0 Å². The lowest BCUT2D eigenvalue weighted by atomic mass is 10.1. The van der Waals surface area contributed by atoms with Gasteiger partial charge in [0.1, 0.15) is 13.2 Å². The van der Waals surface area contributed by atoms with Crippen LogP contribution in [0, 0.1) is 0 Å². The number of amides is 1. The number of ether oxygens (including phenoxy) is 4. The van der Waals surface area contributed by atoms with E-state index in [1.165, 1.54) is 6.08 Å². The Morgan fingerprint density at radius 1 is 0.962 bits per heavy atom. The van der Waals surface area contributed by atoms with Crippen molar-refractivity contribution in [3.63, 3.8) is 0 Å². The van der Waals surface area contributed by atoms with Crippen LogP contribution in [0.2, 0.25) is 0 Å². The smallest absolute Gasteiger partial charge is 0.244 e. The lowest BCUT2D eigenvalue weighted by Gasteiger charge is -2.20. The first-order valence-corrected chi connectivity index (χ1v) is 8.47. The molecule has 6 nitrogen and oxygen atoms in total. The summed E-state index contributed by atoms with van der Waals surface area (Å²) in [5, 5.41) is 2.95. The molecule has 1 N–H and O–H groups in total. The third kappa shape index (κ3) is 3.44. The summed E-state index contributed by atoms with van der Waals surface area (Å²) in [5.41, 5.74) is 1.83. The molecule has 0 saturated heterocycles. The van der Waals surface area contributed by atoms with E-state index < -0.39 is 0 Å². The van der Waals surface area contributed by atoms with Crippen LogP contribution in [-0.4, -0.2) is 25.9 Å². The van der Waals surface area contributed by atoms with Crippen molar-refractivity contribution in [2.45, 2.75) is 13.0 Å². The van der Waals surface area contributed by atoms with Crippen LogP contribution >= 0.6 is 0 Å². The van der Waals surface area contributed by atoms with Crippen molar-refractivity contribution in [1.29, 1.82) is 0 Å². The molecule has 4 rings (SSSR count). The monoisotopic (exact) mass is 353 g/mol. The summed E-state index contributed by atoms with van der Waals surface area (Å²) in [6, 6.07) is 11.1. The summed E-state index contributed by atoms with van der Waals surface area (Å²) in [7, 11) is 0. The van der Waals surface area contributed by atoms with Crippen molar-refractivity contribution < 1.29 is 23.7 Å². The molecular formula is C20H19NO5. The highest BCUT2D eigenvalue weighted by molar-refractivity contribution is 5.92. The molecule has 0 unspecified atom stereocenters. The second-order valence-corrected chi connectivity index (χ2v) is 6.08. The molecule has 2 aromatic rings. The van der Waals surface area contributed by atoms with Crippen LogP contribution in [0.15, 0.2) is 42.5 Å². The Balaban J connectivity index is 1.39. The average molecular weight is 353 g/mol. The largest absolute Gasteiger partial charge is 0.486 e. The highest BCUT2D eigenvalue weighted by atomic mass is 16.7. The van der Waals surface area contributed by atoms with Gasteiger partial charge in [-0.25, -0.2) is 0 Å². The fraction of sp³-hybridized carbons (Fsp3) is 0.250. The minimum Gasteiger partial charge on any atom is -0.486 e. The number of rotatable bonds is 4. The van der Waals surface area contributed by atoms with Crippen molar-refractivity contribution >= 4 is 12.0 Å². The Hall–Kier alpha value is -3.15. The molecule has 0 bridgehead atoms. The molecule has 1 amide bonds. The average Bonchev–Trinajstić information content (AvgIpc) is 3.13. The molecule has 6 heteroatoms. The molecule has 2 heterocycles. The van der Waals surface area contributed by atoms with E-state index in [4.69, 9.17) is 18.9 Å². The lowest BCUT2D eigenvalue weighted by molar-refractivity contribution is -0.117. The number of hydrogen-bond acceptors (Lipinski definition) is 5. The molecule has 0 spiro atoms. The molecule has 2 aliphatic heterocycles.